The highest BCUT2D eigenvalue weighted by Gasteiger charge is 2.52. The highest BCUT2D eigenvalue weighted by atomic mass is 19.4. The average molecular weight is 349 g/mol. The summed E-state index contributed by atoms with van der Waals surface area (Å²) in [6.45, 7) is 7.65. The van der Waals surface area contributed by atoms with Gasteiger partial charge in [-0.15, -0.1) is 0 Å². The minimum atomic E-state index is -4.43. The van der Waals surface area contributed by atoms with Crippen molar-refractivity contribution in [2.75, 3.05) is 0 Å². The van der Waals surface area contributed by atoms with Crippen LogP contribution in [0.1, 0.15) is 33.3 Å². The van der Waals surface area contributed by atoms with Crippen molar-refractivity contribution in [2.45, 2.75) is 45.1 Å². The molecule has 7 heteroatoms. The number of alkyl halides is 3. The Morgan fingerprint density at radius 2 is 1.56 bits per heavy atom. The standard InChI is InChI=1S/C18H19BF3NO2/c1-16(2)17(3,4)25-19(24-16)15-11-12(9-10-23-15)13-7-5-6-8-14(13)18(20,21)22/h5-11H,1-4H3. The van der Waals surface area contributed by atoms with Crippen LogP contribution < -0.4 is 5.59 Å². The minimum Gasteiger partial charge on any atom is -0.398 e. The molecule has 25 heavy (non-hydrogen) atoms. The van der Waals surface area contributed by atoms with Crippen LogP contribution in [0.25, 0.3) is 11.1 Å². The molecule has 1 saturated heterocycles. The van der Waals surface area contributed by atoms with Gasteiger partial charge >= 0.3 is 13.3 Å². The van der Waals surface area contributed by atoms with Crippen LogP contribution in [0.5, 0.6) is 0 Å². The second-order valence-electron chi connectivity index (χ2n) is 7.10. The van der Waals surface area contributed by atoms with Crippen molar-refractivity contribution >= 4 is 12.7 Å². The topological polar surface area (TPSA) is 31.4 Å². The lowest BCUT2D eigenvalue weighted by Gasteiger charge is -2.32. The molecule has 0 aliphatic carbocycles. The first kappa shape index (κ1) is 18.0. The molecule has 2 heterocycles. The second kappa shape index (κ2) is 5.85. The fourth-order valence-electron chi connectivity index (χ4n) is 2.69. The summed E-state index contributed by atoms with van der Waals surface area (Å²) in [6, 6.07) is 8.63. The van der Waals surface area contributed by atoms with Gasteiger partial charge in [0.1, 0.15) is 0 Å². The van der Waals surface area contributed by atoms with Gasteiger partial charge in [0.2, 0.25) is 0 Å². The van der Waals surface area contributed by atoms with E-state index in [1.165, 1.54) is 18.3 Å². The molecule has 1 aliphatic heterocycles. The van der Waals surface area contributed by atoms with Crippen molar-refractivity contribution in [3.8, 4) is 11.1 Å². The van der Waals surface area contributed by atoms with Gasteiger partial charge in [0, 0.05) is 6.20 Å². The first-order valence-electron chi connectivity index (χ1n) is 7.99. The molecule has 0 bridgehead atoms. The summed E-state index contributed by atoms with van der Waals surface area (Å²) in [5, 5.41) is 0. The average Bonchev–Trinajstić information content (AvgIpc) is 2.75. The number of hydrogen-bond donors (Lipinski definition) is 0. The fraction of sp³-hybridized carbons (Fsp3) is 0.389. The Labute approximate surface area is 145 Å². The third-order valence-electron chi connectivity index (χ3n) is 4.82. The van der Waals surface area contributed by atoms with Gasteiger partial charge in [-0.2, -0.15) is 13.2 Å². The number of rotatable bonds is 2. The van der Waals surface area contributed by atoms with E-state index in [0.29, 0.717) is 11.2 Å². The van der Waals surface area contributed by atoms with E-state index in [4.69, 9.17) is 9.31 Å². The molecule has 3 nitrogen and oxygen atoms in total. The van der Waals surface area contributed by atoms with Gasteiger partial charge in [0.15, 0.2) is 0 Å². The van der Waals surface area contributed by atoms with Crippen LogP contribution in [0.3, 0.4) is 0 Å². The molecule has 0 amide bonds. The Hall–Kier alpha value is -1.86. The van der Waals surface area contributed by atoms with E-state index in [2.05, 4.69) is 4.98 Å². The van der Waals surface area contributed by atoms with Crippen molar-refractivity contribution in [1.29, 1.82) is 0 Å². The van der Waals surface area contributed by atoms with E-state index < -0.39 is 30.1 Å². The molecule has 1 aliphatic rings. The predicted molar refractivity (Wildman–Crippen MR) is 90.4 cm³/mol. The quantitative estimate of drug-likeness (QED) is 0.766. The van der Waals surface area contributed by atoms with Crippen LogP contribution in [-0.4, -0.2) is 23.3 Å². The second-order valence-corrected chi connectivity index (χ2v) is 7.10. The molecule has 1 aromatic carbocycles. The van der Waals surface area contributed by atoms with E-state index in [1.807, 2.05) is 27.7 Å². The van der Waals surface area contributed by atoms with Gasteiger partial charge in [-0.25, -0.2) is 0 Å². The Balaban J connectivity index is 2.00. The lowest BCUT2D eigenvalue weighted by molar-refractivity contribution is -0.137. The maximum absolute atomic E-state index is 13.3. The molecule has 0 N–H and O–H groups in total. The molecule has 3 rings (SSSR count). The van der Waals surface area contributed by atoms with Gasteiger partial charge in [-0.05, 0) is 57.0 Å². The summed E-state index contributed by atoms with van der Waals surface area (Å²) in [6.07, 6.45) is -2.95. The third kappa shape index (κ3) is 3.31. The van der Waals surface area contributed by atoms with Gasteiger partial charge in [-0.1, -0.05) is 18.2 Å². The van der Waals surface area contributed by atoms with Gasteiger partial charge < -0.3 is 9.31 Å². The van der Waals surface area contributed by atoms with E-state index in [1.54, 1.807) is 18.2 Å². The number of benzene rings is 1. The van der Waals surface area contributed by atoms with Crippen molar-refractivity contribution in [2.24, 2.45) is 0 Å². The van der Waals surface area contributed by atoms with Gasteiger partial charge in [0.25, 0.3) is 0 Å². The van der Waals surface area contributed by atoms with Crippen LogP contribution in [0, 0.1) is 0 Å². The Morgan fingerprint density at radius 1 is 0.960 bits per heavy atom. The van der Waals surface area contributed by atoms with Crippen molar-refractivity contribution in [3.63, 3.8) is 0 Å². The first-order chi connectivity index (χ1) is 11.5. The molecule has 1 aromatic heterocycles. The largest absolute Gasteiger partial charge is 0.514 e. The zero-order valence-electron chi connectivity index (χ0n) is 14.5. The van der Waals surface area contributed by atoms with Crippen molar-refractivity contribution in [1.82, 2.24) is 4.98 Å². The normalized spacial score (nSPS) is 19.2. The number of pyridine rings is 1. The zero-order valence-corrected chi connectivity index (χ0v) is 14.5. The van der Waals surface area contributed by atoms with E-state index in [9.17, 15) is 13.2 Å². The maximum atomic E-state index is 13.3. The van der Waals surface area contributed by atoms with Crippen LogP contribution in [0.2, 0.25) is 0 Å². The molecular weight excluding hydrogens is 330 g/mol. The highest BCUT2D eigenvalue weighted by molar-refractivity contribution is 6.61. The summed E-state index contributed by atoms with van der Waals surface area (Å²) in [5.41, 5.74) is -0.782. The van der Waals surface area contributed by atoms with Crippen LogP contribution >= 0.6 is 0 Å². The van der Waals surface area contributed by atoms with Crippen LogP contribution in [0.15, 0.2) is 42.6 Å². The van der Waals surface area contributed by atoms with E-state index in [-0.39, 0.29) is 5.56 Å². The molecule has 0 saturated carbocycles. The molecule has 1 fully saturated rings. The Kier molecular flexibility index (Phi) is 4.20. The summed E-state index contributed by atoms with van der Waals surface area (Å²) in [5.74, 6) is 0. The van der Waals surface area contributed by atoms with Crippen LogP contribution in [0.4, 0.5) is 13.2 Å². The molecule has 2 aromatic rings. The van der Waals surface area contributed by atoms with E-state index >= 15 is 0 Å². The van der Waals surface area contributed by atoms with Crippen molar-refractivity contribution < 1.29 is 22.5 Å². The number of aromatic nitrogens is 1. The monoisotopic (exact) mass is 349 g/mol. The predicted octanol–water partition coefficient (Wildman–Crippen LogP) is 4.07. The SMILES string of the molecule is CC1(C)OB(c2cc(-c3ccccc3C(F)(F)F)ccn2)OC1(C)C. The summed E-state index contributed by atoms with van der Waals surface area (Å²) < 4.78 is 51.7. The summed E-state index contributed by atoms with van der Waals surface area (Å²) in [7, 11) is -0.719. The zero-order chi connectivity index (χ0) is 18.5. The van der Waals surface area contributed by atoms with Gasteiger partial charge in [-0.3, -0.25) is 4.98 Å². The first-order valence-corrected chi connectivity index (χ1v) is 7.99. The maximum Gasteiger partial charge on any atom is 0.514 e. The number of hydrogen-bond acceptors (Lipinski definition) is 3. The number of nitrogens with zero attached hydrogens (tertiary/aromatic N) is 1. The molecule has 0 atom stereocenters. The van der Waals surface area contributed by atoms with Crippen LogP contribution in [-0.2, 0) is 15.5 Å². The summed E-state index contributed by atoms with van der Waals surface area (Å²) >= 11 is 0. The molecule has 0 unspecified atom stereocenters. The number of halogens is 3. The summed E-state index contributed by atoms with van der Waals surface area (Å²) in [4.78, 5) is 4.24. The van der Waals surface area contributed by atoms with E-state index in [0.717, 1.165) is 6.07 Å². The molecule has 0 radical (unpaired) electrons. The lowest BCUT2D eigenvalue weighted by atomic mass is 9.82. The minimum absolute atomic E-state index is 0.107. The highest BCUT2D eigenvalue weighted by Crippen LogP contribution is 2.38. The molecular formula is C18H19BF3NO2. The molecule has 132 valence electrons. The fourth-order valence-corrected chi connectivity index (χ4v) is 2.69. The smallest absolute Gasteiger partial charge is 0.398 e. The van der Waals surface area contributed by atoms with Crippen molar-refractivity contribution in [3.05, 3.63) is 48.2 Å². The Morgan fingerprint density at radius 3 is 2.16 bits per heavy atom. The van der Waals surface area contributed by atoms with Gasteiger partial charge in [0.05, 0.1) is 22.4 Å². The third-order valence-corrected chi connectivity index (χ3v) is 4.82. The lowest BCUT2D eigenvalue weighted by Crippen LogP contribution is -2.41. The Bertz CT molecular complexity index is 774. The molecule has 0 spiro atoms.